The molecule has 0 spiro atoms. The second kappa shape index (κ2) is 9.86. The first kappa shape index (κ1) is 24.9. The number of nitrogens with one attached hydrogen (secondary N) is 3. The number of aliphatic hydroxyl groups excluding tert-OH is 1. The van der Waals surface area contributed by atoms with E-state index in [1.54, 1.807) is 0 Å². The number of H-pyrrole nitrogens is 1. The quantitative estimate of drug-likeness (QED) is 0.465. The number of nitrogens with zero attached hydrogens (tertiary/aromatic N) is 1. The van der Waals surface area contributed by atoms with E-state index in [0.717, 1.165) is 5.56 Å². The van der Waals surface area contributed by atoms with Gasteiger partial charge in [0.25, 0.3) is 5.91 Å². The molecule has 2 unspecified atom stereocenters. The average molecular weight is 477 g/mol. The van der Waals surface area contributed by atoms with Crippen LogP contribution in [0, 0.1) is 0 Å². The highest BCUT2D eigenvalue weighted by molar-refractivity contribution is 5.97. The number of alkyl halides is 3. The predicted octanol–water partition coefficient (Wildman–Crippen LogP) is 3.23. The molecule has 1 aliphatic heterocycles. The van der Waals surface area contributed by atoms with Gasteiger partial charge in [-0.25, -0.2) is 4.98 Å². The predicted molar refractivity (Wildman–Crippen MR) is 115 cm³/mol. The maximum absolute atomic E-state index is 12.8. The summed E-state index contributed by atoms with van der Waals surface area (Å²) in [5.41, 5.74) is 2.77. The number of imidazole rings is 1. The van der Waals surface area contributed by atoms with Gasteiger partial charge in [0.05, 0.1) is 17.1 Å². The van der Waals surface area contributed by atoms with Gasteiger partial charge in [-0.15, -0.1) is 24.8 Å². The van der Waals surface area contributed by atoms with E-state index in [1.165, 1.54) is 23.8 Å². The molecule has 0 bridgehead atoms. The van der Waals surface area contributed by atoms with E-state index >= 15 is 0 Å². The number of aliphatic hydroxyl groups is 1. The summed E-state index contributed by atoms with van der Waals surface area (Å²) in [6.07, 6.45) is -4.75. The largest absolute Gasteiger partial charge is 0.449 e. The molecule has 168 valence electrons. The van der Waals surface area contributed by atoms with Crippen molar-refractivity contribution in [3.05, 3.63) is 65.0 Å². The van der Waals surface area contributed by atoms with Crippen molar-refractivity contribution in [3.63, 3.8) is 0 Å². The molecule has 0 radical (unpaired) electrons. The lowest BCUT2D eigenvalue weighted by molar-refractivity contribution is -0.144. The number of carbonyl (C=O) groups excluding carboxylic acids is 1. The first-order chi connectivity index (χ1) is 13.8. The third-order valence-corrected chi connectivity index (χ3v) is 5.06. The van der Waals surface area contributed by atoms with Crippen molar-refractivity contribution >= 4 is 41.8 Å². The second-order valence-corrected chi connectivity index (χ2v) is 7.05. The van der Waals surface area contributed by atoms with E-state index in [-0.39, 0.29) is 54.0 Å². The summed E-state index contributed by atoms with van der Waals surface area (Å²) in [6.45, 7) is 0.664. The van der Waals surface area contributed by atoms with Gasteiger partial charge in [-0.2, -0.15) is 13.2 Å². The minimum atomic E-state index is -4.59. The molecule has 1 aromatic heterocycles. The average Bonchev–Trinajstić information content (AvgIpc) is 3.15. The molecule has 0 saturated carbocycles. The molecule has 0 fully saturated rings. The molecule has 2 atom stereocenters. The van der Waals surface area contributed by atoms with E-state index in [2.05, 4.69) is 20.6 Å². The lowest BCUT2D eigenvalue weighted by Gasteiger charge is -2.30. The molecule has 31 heavy (non-hydrogen) atoms. The highest BCUT2D eigenvalue weighted by Gasteiger charge is 2.34. The highest BCUT2D eigenvalue weighted by Crippen LogP contribution is 2.28. The number of aromatic nitrogens is 2. The highest BCUT2D eigenvalue weighted by atomic mass is 35.5. The Labute approximate surface area is 188 Å². The van der Waals surface area contributed by atoms with Gasteiger partial charge in [-0.3, -0.25) is 4.79 Å². The van der Waals surface area contributed by atoms with E-state index in [1.807, 2.05) is 24.3 Å². The Morgan fingerprint density at radius 1 is 1.19 bits per heavy atom. The van der Waals surface area contributed by atoms with Crippen LogP contribution in [-0.2, 0) is 19.1 Å². The molecule has 2 aromatic carbocycles. The Morgan fingerprint density at radius 2 is 1.90 bits per heavy atom. The minimum absolute atomic E-state index is 0. The number of aromatic amines is 1. The van der Waals surface area contributed by atoms with Gasteiger partial charge in [-0.1, -0.05) is 24.3 Å². The number of hydrogen-bond donors (Lipinski definition) is 4. The summed E-state index contributed by atoms with van der Waals surface area (Å²) in [5.74, 6) is -1.59. The number of benzene rings is 2. The summed E-state index contributed by atoms with van der Waals surface area (Å²) in [7, 11) is 0. The van der Waals surface area contributed by atoms with Crippen molar-refractivity contribution in [1.82, 2.24) is 20.6 Å². The molecule has 3 aromatic rings. The van der Waals surface area contributed by atoms with Crippen molar-refractivity contribution in [3.8, 4) is 0 Å². The number of carbonyl (C=O) groups is 1. The molecular formula is C20H21Cl2F3N4O2. The van der Waals surface area contributed by atoms with E-state index < -0.39 is 24.0 Å². The van der Waals surface area contributed by atoms with Gasteiger partial charge in [0.2, 0.25) is 5.82 Å². The SMILES string of the molecule is Cl.Cl.O=C(NCC(O)C1Cc2ccccc2CN1)c1ccc2nc(C(F)(F)F)[nH]c2c1. The minimum Gasteiger partial charge on any atom is -0.390 e. The van der Waals surface area contributed by atoms with Crippen molar-refractivity contribution in [1.29, 1.82) is 0 Å². The Balaban J connectivity index is 0.00000171. The number of halogens is 5. The van der Waals surface area contributed by atoms with Crippen LogP contribution in [0.4, 0.5) is 13.2 Å². The topological polar surface area (TPSA) is 90.0 Å². The third kappa shape index (κ3) is 5.48. The number of rotatable bonds is 4. The van der Waals surface area contributed by atoms with Crippen LogP contribution < -0.4 is 10.6 Å². The Hall–Kier alpha value is -2.33. The third-order valence-electron chi connectivity index (χ3n) is 5.06. The maximum Gasteiger partial charge on any atom is 0.449 e. The van der Waals surface area contributed by atoms with Crippen LogP contribution in [0.15, 0.2) is 42.5 Å². The molecule has 2 heterocycles. The van der Waals surface area contributed by atoms with Gasteiger partial charge < -0.3 is 20.7 Å². The lowest BCUT2D eigenvalue weighted by atomic mass is 9.93. The fraction of sp³-hybridized carbons (Fsp3) is 0.300. The zero-order valence-corrected chi connectivity index (χ0v) is 17.7. The van der Waals surface area contributed by atoms with Gasteiger partial charge in [0.1, 0.15) is 0 Å². The second-order valence-electron chi connectivity index (χ2n) is 7.05. The van der Waals surface area contributed by atoms with Gasteiger partial charge in [0, 0.05) is 24.7 Å². The number of hydrogen-bond acceptors (Lipinski definition) is 4. The molecule has 1 amide bonds. The Morgan fingerprint density at radius 3 is 2.61 bits per heavy atom. The van der Waals surface area contributed by atoms with Crippen molar-refractivity contribution < 1.29 is 23.1 Å². The monoisotopic (exact) mass is 476 g/mol. The van der Waals surface area contributed by atoms with Gasteiger partial charge >= 0.3 is 6.18 Å². The zero-order valence-electron chi connectivity index (χ0n) is 16.1. The van der Waals surface area contributed by atoms with Crippen LogP contribution in [0.1, 0.15) is 27.3 Å². The fourth-order valence-corrected chi connectivity index (χ4v) is 3.48. The Kier molecular flexibility index (Phi) is 7.93. The number of fused-ring (bicyclic) bond motifs is 2. The molecular weight excluding hydrogens is 456 g/mol. The van der Waals surface area contributed by atoms with Crippen LogP contribution in [-0.4, -0.2) is 39.7 Å². The summed E-state index contributed by atoms with van der Waals surface area (Å²) < 4.78 is 38.3. The molecule has 0 aliphatic carbocycles. The fourth-order valence-electron chi connectivity index (χ4n) is 3.48. The molecule has 4 rings (SSSR count). The van der Waals surface area contributed by atoms with Crippen molar-refractivity contribution in [2.45, 2.75) is 31.3 Å². The van der Waals surface area contributed by atoms with Crippen LogP contribution in [0.25, 0.3) is 11.0 Å². The summed E-state index contributed by atoms with van der Waals surface area (Å²) in [6, 6.07) is 11.8. The van der Waals surface area contributed by atoms with Crippen molar-refractivity contribution in [2.24, 2.45) is 0 Å². The molecule has 1 aliphatic rings. The van der Waals surface area contributed by atoms with Gasteiger partial charge in [-0.05, 0) is 35.7 Å². The van der Waals surface area contributed by atoms with E-state index in [9.17, 15) is 23.1 Å². The first-order valence-corrected chi connectivity index (χ1v) is 9.14. The summed E-state index contributed by atoms with van der Waals surface area (Å²) in [4.78, 5) is 18.0. The zero-order chi connectivity index (χ0) is 20.6. The number of amides is 1. The molecule has 0 saturated heterocycles. The van der Waals surface area contributed by atoms with Crippen LogP contribution in [0.3, 0.4) is 0 Å². The van der Waals surface area contributed by atoms with Crippen LogP contribution in [0.5, 0.6) is 0 Å². The van der Waals surface area contributed by atoms with Crippen LogP contribution >= 0.6 is 24.8 Å². The van der Waals surface area contributed by atoms with Crippen molar-refractivity contribution in [2.75, 3.05) is 6.54 Å². The summed E-state index contributed by atoms with van der Waals surface area (Å²) >= 11 is 0. The molecule has 11 heteroatoms. The van der Waals surface area contributed by atoms with E-state index in [4.69, 9.17) is 0 Å². The molecule has 4 N–H and O–H groups in total. The standard InChI is InChI=1S/C20H19F3N4O2.2ClH/c21-20(22,23)19-26-14-6-5-12(8-15(14)27-19)18(29)25-10-17(28)16-7-11-3-1-2-4-13(11)9-24-16;;/h1-6,8,16-17,24,28H,7,9-10H2,(H,25,29)(H,26,27);2*1H. The first-order valence-electron chi connectivity index (χ1n) is 9.14. The van der Waals surface area contributed by atoms with Gasteiger partial charge in [0.15, 0.2) is 0 Å². The summed E-state index contributed by atoms with van der Waals surface area (Å²) in [5, 5.41) is 16.3. The maximum atomic E-state index is 12.8. The normalized spacial score (nSPS) is 16.6. The molecule has 6 nitrogen and oxygen atoms in total. The van der Waals surface area contributed by atoms with E-state index in [0.29, 0.717) is 13.0 Å². The Bertz CT molecular complexity index is 1060. The smallest absolute Gasteiger partial charge is 0.390 e. The lowest BCUT2D eigenvalue weighted by Crippen LogP contribution is -2.49. The van der Waals surface area contributed by atoms with Crippen LogP contribution in [0.2, 0.25) is 0 Å².